The highest BCUT2D eigenvalue weighted by Crippen LogP contribution is 2.33. The number of carbonyl (C=O) groups excluding carboxylic acids is 2. The Morgan fingerprint density at radius 1 is 1.14 bits per heavy atom. The maximum absolute atomic E-state index is 11.4. The minimum absolute atomic E-state index is 0.0708. The highest BCUT2D eigenvalue weighted by atomic mass is 35.5. The van der Waals surface area contributed by atoms with Crippen molar-refractivity contribution in [3.63, 3.8) is 0 Å². The zero-order valence-corrected chi connectivity index (χ0v) is 13.5. The molecule has 0 unspecified atom stereocenters. The molecule has 0 amide bonds. The molecule has 0 bridgehead atoms. The van der Waals surface area contributed by atoms with Crippen LogP contribution in [0.5, 0.6) is 0 Å². The van der Waals surface area contributed by atoms with Gasteiger partial charge in [0.05, 0.1) is 0 Å². The van der Waals surface area contributed by atoms with E-state index in [1.54, 1.807) is 20.0 Å². The molecule has 21 heavy (non-hydrogen) atoms. The van der Waals surface area contributed by atoms with Crippen LogP contribution in [-0.2, 0) is 9.59 Å². The molecule has 2 rings (SSSR count). The van der Waals surface area contributed by atoms with E-state index in [-0.39, 0.29) is 17.5 Å². The third kappa shape index (κ3) is 4.48. The number of aromatic nitrogens is 1. The summed E-state index contributed by atoms with van der Waals surface area (Å²) in [4.78, 5) is 28.1. The molecule has 0 radical (unpaired) electrons. The van der Waals surface area contributed by atoms with Crippen molar-refractivity contribution in [1.82, 2.24) is 4.98 Å². The van der Waals surface area contributed by atoms with Crippen LogP contribution in [-0.4, -0.2) is 16.6 Å². The van der Waals surface area contributed by atoms with Crippen LogP contribution >= 0.6 is 22.9 Å². The van der Waals surface area contributed by atoms with E-state index in [0.29, 0.717) is 17.9 Å². The van der Waals surface area contributed by atoms with E-state index >= 15 is 0 Å². The van der Waals surface area contributed by atoms with Gasteiger partial charge in [-0.05, 0) is 26.0 Å². The molecule has 2 aromatic rings. The van der Waals surface area contributed by atoms with Crippen LogP contribution in [0.25, 0.3) is 10.6 Å². The number of nitrogens with zero attached hydrogens (tertiary/aromatic N) is 1. The van der Waals surface area contributed by atoms with Crippen molar-refractivity contribution >= 4 is 34.5 Å². The average Bonchev–Trinajstić information content (AvgIpc) is 2.87. The Bertz CT molecular complexity index is 633. The fourth-order valence-corrected chi connectivity index (χ4v) is 3.32. The van der Waals surface area contributed by atoms with Crippen molar-refractivity contribution in [2.24, 2.45) is 0 Å². The van der Waals surface area contributed by atoms with Gasteiger partial charge in [-0.2, -0.15) is 0 Å². The minimum atomic E-state index is -0.0708. The summed E-state index contributed by atoms with van der Waals surface area (Å²) in [6.45, 7) is 3.10. The Kier molecular flexibility index (Phi) is 5.26. The second kappa shape index (κ2) is 6.96. The summed E-state index contributed by atoms with van der Waals surface area (Å²) in [6.07, 6.45) is 2.52. The number of hydrogen-bond acceptors (Lipinski definition) is 4. The SMILES string of the molecule is CC(=O)CC(CC(C)=O)c1cnc(-c2ccc(Cl)cc2)s1. The first kappa shape index (κ1) is 15.9. The van der Waals surface area contributed by atoms with Crippen molar-refractivity contribution in [3.05, 3.63) is 40.4 Å². The minimum Gasteiger partial charge on any atom is -0.300 e. The van der Waals surface area contributed by atoms with Crippen LogP contribution in [0.2, 0.25) is 5.02 Å². The van der Waals surface area contributed by atoms with E-state index in [0.717, 1.165) is 15.4 Å². The highest BCUT2D eigenvalue weighted by Gasteiger charge is 2.19. The maximum atomic E-state index is 11.4. The van der Waals surface area contributed by atoms with Crippen molar-refractivity contribution in [2.45, 2.75) is 32.6 Å². The monoisotopic (exact) mass is 321 g/mol. The van der Waals surface area contributed by atoms with Gasteiger partial charge in [0, 0.05) is 40.4 Å². The van der Waals surface area contributed by atoms with Crippen molar-refractivity contribution < 1.29 is 9.59 Å². The first-order valence-corrected chi connectivity index (χ1v) is 7.85. The summed E-state index contributed by atoms with van der Waals surface area (Å²) in [5.74, 6) is 0.101. The number of rotatable bonds is 6. The number of hydrogen-bond donors (Lipinski definition) is 0. The van der Waals surface area contributed by atoms with E-state index < -0.39 is 0 Å². The van der Waals surface area contributed by atoms with Crippen LogP contribution < -0.4 is 0 Å². The van der Waals surface area contributed by atoms with E-state index in [1.807, 2.05) is 24.3 Å². The van der Waals surface area contributed by atoms with Gasteiger partial charge < -0.3 is 9.59 Å². The van der Waals surface area contributed by atoms with E-state index in [2.05, 4.69) is 4.98 Å². The smallest absolute Gasteiger partial charge is 0.130 e. The molecule has 0 aliphatic rings. The molecule has 1 heterocycles. The molecule has 0 N–H and O–H groups in total. The number of benzene rings is 1. The Morgan fingerprint density at radius 3 is 2.24 bits per heavy atom. The third-order valence-corrected chi connectivity index (χ3v) is 4.55. The first-order valence-electron chi connectivity index (χ1n) is 6.66. The summed E-state index contributed by atoms with van der Waals surface area (Å²) in [5.41, 5.74) is 0.986. The predicted molar refractivity (Wildman–Crippen MR) is 85.9 cm³/mol. The van der Waals surface area contributed by atoms with Crippen LogP contribution in [0.3, 0.4) is 0 Å². The number of ketones is 2. The second-order valence-electron chi connectivity index (χ2n) is 5.08. The van der Waals surface area contributed by atoms with Gasteiger partial charge >= 0.3 is 0 Å². The molecule has 3 nitrogen and oxygen atoms in total. The van der Waals surface area contributed by atoms with Crippen LogP contribution in [0, 0.1) is 0 Å². The Balaban J connectivity index is 2.25. The van der Waals surface area contributed by atoms with Gasteiger partial charge in [0.15, 0.2) is 0 Å². The summed E-state index contributed by atoms with van der Waals surface area (Å²) in [6, 6.07) is 7.47. The average molecular weight is 322 g/mol. The molecule has 1 aromatic carbocycles. The number of halogens is 1. The Labute approximate surface area is 133 Å². The summed E-state index contributed by atoms with van der Waals surface area (Å²) in [7, 11) is 0. The van der Waals surface area contributed by atoms with Gasteiger partial charge in [0.2, 0.25) is 0 Å². The molecular formula is C16H16ClNO2S. The van der Waals surface area contributed by atoms with Gasteiger partial charge in [0.25, 0.3) is 0 Å². The van der Waals surface area contributed by atoms with Crippen molar-refractivity contribution in [1.29, 1.82) is 0 Å². The molecule has 0 aliphatic heterocycles. The second-order valence-corrected chi connectivity index (χ2v) is 6.58. The van der Waals surface area contributed by atoms with Crippen LogP contribution in [0.4, 0.5) is 0 Å². The molecule has 0 saturated carbocycles. The van der Waals surface area contributed by atoms with Crippen LogP contribution in [0.1, 0.15) is 37.5 Å². The van der Waals surface area contributed by atoms with Crippen molar-refractivity contribution in [3.8, 4) is 10.6 Å². The first-order chi connectivity index (χ1) is 9.95. The maximum Gasteiger partial charge on any atom is 0.130 e. The molecule has 110 valence electrons. The summed E-state index contributed by atoms with van der Waals surface area (Å²) >= 11 is 7.40. The standard InChI is InChI=1S/C16H16ClNO2S/c1-10(19)7-13(8-11(2)20)15-9-18-16(21-15)12-3-5-14(17)6-4-12/h3-6,9,13H,7-8H2,1-2H3. The topological polar surface area (TPSA) is 47.0 Å². The molecule has 1 aromatic heterocycles. The lowest BCUT2D eigenvalue weighted by Gasteiger charge is -2.10. The van der Waals surface area contributed by atoms with Crippen molar-refractivity contribution in [2.75, 3.05) is 0 Å². The van der Waals surface area contributed by atoms with E-state index in [1.165, 1.54) is 11.3 Å². The van der Waals surface area contributed by atoms with Gasteiger partial charge in [-0.3, -0.25) is 0 Å². The molecule has 0 saturated heterocycles. The summed E-state index contributed by atoms with van der Waals surface area (Å²) in [5, 5.41) is 1.56. The lowest BCUT2D eigenvalue weighted by atomic mass is 9.96. The zero-order chi connectivity index (χ0) is 15.4. The largest absolute Gasteiger partial charge is 0.300 e. The normalized spacial score (nSPS) is 10.9. The molecule has 0 fully saturated rings. The summed E-state index contributed by atoms with van der Waals surface area (Å²) < 4.78 is 0. The molecule has 0 atom stereocenters. The fourth-order valence-electron chi connectivity index (χ4n) is 2.17. The predicted octanol–water partition coefficient (Wildman–Crippen LogP) is 4.51. The highest BCUT2D eigenvalue weighted by molar-refractivity contribution is 7.15. The number of thiazole rings is 1. The number of Topliss-reactive ketones (excluding diaryl/α,β-unsaturated/α-hetero) is 2. The molecule has 5 heteroatoms. The molecule has 0 spiro atoms. The quantitative estimate of drug-likeness (QED) is 0.786. The lowest BCUT2D eigenvalue weighted by molar-refractivity contribution is -0.118. The van der Waals surface area contributed by atoms with Crippen LogP contribution in [0.15, 0.2) is 30.5 Å². The molecular weight excluding hydrogens is 306 g/mol. The van der Waals surface area contributed by atoms with Gasteiger partial charge in [0.1, 0.15) is 16.6 Å². The molecule has 0 aliphatic carbocycles. The van der Waals surface area contributed by atoms with Gasteiger partial charge in [-0.1, -0.05) is 23.7 Å². The Hall–Kier alpha value is -1.52. The third-order valence-electron chi connectivity index (χ3n) is 3.08. The zero-order valence-electron chi connectivity index (χ0n) is 11.9. The van der Waals surface area contributed by atoms with E-state index in [4.69, 9.17) is 11.6 Å². The Morgan fingerprint density at radius 2 is 1.71 bits per heavy atom. The van der Waals surface area contributed by atoms with E-state index in [9.17, 15) is 9.59 Å². The van der Waals surface area contributed by atoms with Gasteiger partial charge in [-0.25, -0.2) is 4.98 Å². The number of carbonyl (C=O) groups is 2. The van der Waals surface area contributed by atoms with Gasteiger partial charge in [-0.15, -0.1) is 11.3 Å². The lowest BCUT2D eigenvalue weighted by Crippen LogP contribution is -2.07. The fraction of sp³-hybridized carbons (Fsp3) is 0.312.